The van der Waals surface area contributed by atoms with Crippen LogP contribution in [0, 0.1) is 0 Å². The van der Waals surface area contributed by atoms with Crippen LogP contribution in [0.3, 0.4) is 0 Å². The molecular weight excluding hydrogens is 401 g/mol. The molecule has 3 nitrogen and oxygen atoms in total. The summed E-state index contributed by atoms with van der Waals surface area (Å²) in [5.74, 6) is 0.996. The lowest BCUT2D eigenvalue weighted by Crippen LogP contribution is -2.11. The highest BCUT2D eigenvalue weighted by Gasteiger charge is 2.31. The van der Waals surface area contributed by atoms with Gasteiger partial charge in [-0.3, -0.25) is 9.98 Å². The van der Waals surface area contributed by atoms with E-state index in [1.54, 1.807) is 24.5 Å². The van der Waals surface area contributed by atoms with Crippen molar-refractivity contribution in [3.8, 4) is 11.3 Å². The number of allylic oxidation sites excluding steroid dienone is 1. The molecule has 1 aromatic carbocycles. The highest BCUT2D eigenvalue weighted by atomic mass is 35.5. The third-order valence-electron chi connectivity index (χ3n) is 4.62. The second-order valence-electron chi connectivity index (χ2n) is 6.64. The molecule has 0 saturated heterocycles. The predicted molar refractivity (Wildman–Crippen MR) is 107 cm³/mol. The quantitative estimate of drug-likeness (QED) is 0.477. The van der Waals surface area contributed by atoms with Crippen LogP contribution in [0.1, 0.15) is 29.7 Å². The van der Waals surface area contributed by atoms with Gasteiger partial charge in [0.25, 0.3) is 0 Å². The summed E-state index contributed by atoms with van der Waals surface area (Å²) in [6, 6.07) is 10.5. The van der Waals surface area contributed by atoms with Crippen molar-refractivity contribution < 1.29 is 17.6 Å². The van der Waals surface area contributed by atoms with Gasteiger partial charge in [-0.15, -0.1) is 0 Å². The molecule has 0 fully saturated rings. The van der Waals surface area contributed by atoms with Crippen LogP contribution in [-0.4, -0.2) is 17.2 Å². The summed E-state index contributed by atoms with van der Waals surface area (Å²) in [6.07, 6.45) is 2.74. The van der Waals surface area contributed by atoms with Gasteiger partial charge in [0.05, 0.1) is 16.3 Å². The monoisotopic (exact) mass is 416 g/mol. The molecule has 0 unspecified atom stereocenters. The molecule has 2 aromatic heterocycles. The van der Waals surface area contributed by atoms with Crippen LogP contribution in [0.15, 0.2) is 69.8 Å². The maximum absolute atomic E-state index is 12.8. The lowest BCUT2D eigenvalue weighted by Gasteiger charge is -2.15. The zero-order valence-corrected chi connectivity index (χ0v) is 16.0. The van der Waals surface area contributed by atoms with Crippen molar-refractivity contribution in [3.05, 3.63) is 82.3 Å². The number of benzene rings is 1. The van der Waals surface area contributed by atoms with E-state index in [0.29, 0.717) is 17.1 Å². The van der Waals surface area contributed by atoms with Crippen LogP contribution in [0.25, 0.3) is 17.4 Å². The van der Waals surface area contributed by atoms with Crippen molar-refractivity contribution in [2.45, 2.75) is 19.0 Å². The summed E-state index contributed by atoms with van der Waals surface area (Å²) in [5, 5.41) is -0.0105. The van der Waals surface area contributed by atoms with Crippen LogP contribution in [0.5, 0.6) is 0 Å². The standard InChI is InChI=1S/C22H16ClF3N2O/c23-19-12-16(22(24,25)26)5-7-18(19)20-8-6-17(29-20)11-14-3-2-10-28-21(14)15-4-1-9-27-13-15/h1,4-9,11-13H,2-3,10H2/b14-11+. The Morgan fingerprint density at radius 2 is 1.97 bits per heavy atom. The van der Waals surface area contributed by atoms with E-state index >= 15 is 0 Å². The largest absolute Gasteiger partial charge is 0.457 e. The first-order valence-corrected chi connectivity index (χ1v) is 9.42. The van der Waals surface area contributed by atoms with Gasteiger partial charge in [0.2, 0.25) is 0 Å². The van der Waals surface area contributed by atoms with Crippen LogP contribution in [0.2, 0.25) is 5.02 Å². The SMILES string of the molecule is FC(F)(F)c1ccc(-c2ccc(/C=C3\CCCN=C3c3cccnc3)o2)c(Cl)c1. The Hall–Kier alpha value is -2.86. The Morgan fingerprint density at radius 3 is 2.69 bits per heavy atom. The molecule has 0 amide bonds. The Kier molecular flexibility index (Phi) is 5.28. The molecule has 0 saturated carbocycles. The molecule has 1 aliphatic heterocycles. The molecule has 3 aromatic rings. The minimum Gasteiger partial charge on any atom is -0.457 e. The minimum absolute atomic E-state index is 0.0105. The van der Waals surface area contributed by atoms with Crippen LogP contribution < -0.4 is 0 Å². The van der Waals surface area contributed by atoms with Crippen LogP contribution >= 0.6 is 11.6 Å². The van der Waals surface area contributed by atoms with Crippen molar-refractivity contribution in [1.29, 1.82) is 0 Å². The van der Waals surface area contributed by atoms with Gasteiger partial charge in [-0.2, -0.15) is 13.2 Å². The zero-order valence-electron chi connectivity index (χ0n) is 15.2. The molecule has 0 bridgehead atoms. The molecule has 0 spiro atoms. The number of aromatic nitrogens is 1. The van der Waals surface area contributed by atoms with Gasteiger partial charge in [-0.1, -0.05) is 11.6 Å². The van der Waals surface area contributed by atoms with E-state index in [1.807, 2.05) is 18.2 Å². The third-order valence-corrected chi connectivity index (χ3v) is 4.93. The second kappa shape index (κ2) is 7.87. The molecule has 1 aliphatic rings. The van der Waals surface area contributed by atoms with E-state index in [1.165, 1.54) is 6.07 Å². The molecule has 3 heterocycles. The average molecular weight is 417 g/mol. The molecule has 0 N–H and O–H groups in total. The van der Waals surface area contributed by atoms with Gasteiger partial charge in [0.15, 0.2) is 0 Å². The summed E-state index contributed by atoms with van der Waals surface area (Å²) >= 11 is 6.07. The highest BCUT2D eigenvalue weighted by Crippen LogP contribution is 2.36. The Balaban J connectivity index is 1.64. The number of nitrogens with zero attached hydrogens (tertiary/aromatic N) is 2. The third kappa shape index (κ3) is 4.27. The molecule has 0 atom stereocenters. The number of furan rings is 1. The summed E-state index contributed by atoms with van der Waals surface area (Å²) in [6.45, 7) is 0.756. The average Bonchev–Trinajstić information content (AvgIpc) is 3.16. The van der Waals surface area contributed by atoms with Gasteiger partial charge in [0.1, 0.15) is 11.5 Å². The Morgan fingerprint density at radius 1 is 1.10 bits per heavy atom. The summed E-state index contributed by atoms with van der Waals surface area (Å²) in [4.78, 5) is 8.78. The highest BCUT2D eigenvalue weighted by molar-refractivity contribution is 6.33. The number of alkyl halides is 3. The van der Waals surface area contributed by atoms with Gasteiger partial charge >= 0.3 is 6.18 Å². The van der Waals surface area contributed by atoms with Crippen LogP contribution in [-0.2, 0) is 6.18 Å². The lowest BCUT2D eigenvalue weighted by molar-refractivity contribution is -0.137. The van der Waals surface area contributed by atoms with Gasteiger partial charge in [0, 0.05) is 30.1 Å². The molecule has 29 heavy (non-hydrogen) atoms. The fourth-order valence-corrected chi connectivity index (χ4v) is 3.51. The number of hydrogen-bond donors (Lipinski definition) is 0. The van der Waals surface area contributed by atoms with E-state index in [0.717, 1.165) is 48.4 Å². The zero-order chi connectivity index (χ0) is 20.4. The number of aliphatic imine (C=N–C) groups is 1. The van der Waals surface area contributed by atoms with Gasteiger partial charge in [-0.05, 0) is 67.0 Å². The molecule has 148 valence electrons. The van der Waals surface area contributed by atoms with Gasteiger partial charge < -0.3 is 4.42 Å². The predicted octanol–water partition coefficient (Wildman–Crippen LogP) is 6.68. The molecular formula is C22H16ClF3N2O. The molecule has 4 rings (SSSR count). The maximum Gasteiger partial charge on any atom is 0.416 e. The maximum atomic E-state index is 12.8. The van der Waals surface area contributed by atoms with E-state index in [-0.39, 0.29) is 5.02 Å². The van der Waals surface area contributed by atoms with E-state index in [2.05, 4.69) is 9.98 Å². The normalized spacial score (nSPS) is 16.1. The van der Waals surface area contributed by atoms with Gasteiger partial charge in [-0.25, -0.2) is 0 Å². The number of rotatable bonds is 3. The Bertz CT molecular complexity index is 1080. The summed E-state index contributed by atoms with van der Waals surface area (Å²) in [7, 11) is 0. The lowest BCUT2D eigenvalue weighted by atomic mass is 9.96. The van der Waals surface area contributed by atoms with Crippen LogP contribution in [0.4, 0.5) is 13.2 Å². The number of hydrogen-bond acceptors (Lipinski definition) is 3. The number of halogens is 4. The molecule has 0 radical (unpaired) electrons. The number of pyridine rings is 1. The minimum atomic E-state index is -4.44. The van der Waals surface area contributed by atoms with Crippen molar-refractivity contribution in [2.75, 3.05) is 6.54 Å². The topological polar surface area (TPSA) is 38.4 Å². The van der Waals surface area contributed by atoms with E-state index < -0.39 is 11.7 Å². The molecule has 0 aliphatic carbocycles. The fraction of sp³-hybridized carbons (Fsp3) is 0.182. The first-order chi connectivity index (χ1) is 13.9. The summed E-state index contributed by atoms with van der Waals surface area (Å²) < 4.78 is 44.4. The Labute approximate surface area is 170 Å². The fourth-order valence-electron chi connectivity index (χ4n) is 3.24. The van der Waals surface area contributed by atoms with Crippen molar-refractivity contribution in [3.63, 3.8) is 0 Å². The van der Waals surface area contributed by atoms with Crippen molar-refractivity contribution in [1.82, 2.24) is 4.98 Å². The first-order valence-electron chi connectivity index (χ1n) is 9.04. The van der Waals surface area contributed by atoms with E-state index in [4.69, 9.17) is 16.0 Å². The first kappa shape index (κ1) is 19.5. The van der Waals surface area contributed by atoms with Crippen molar-refractivity contribution in [2.24, 2.45) is 4.99 Å². The van der Waals surface area contributed by atoms with E-state index in [9.17, 15) is 13.2 Å². The molecule has 7 heteroatoms. The van der Waals surface area contributed by atoms with Crippen molar-refractivity contribution >= 4 is 23.4 Å². The smallest absolute Gasteiger partial charge is 0.416 e. The second-order valence-corrected chi connectivity index (χ2v) is 7.05. The summed E-state index contributed by atoms with van der Waals surface area (Å²) in [5.41, 5.74) is 2.48.